The van der Waals surface area contributed by atoms with Gasteiger partial charge in [0.2, 0.25) is 5.91 Å². The molecule has 1 aliphatic rings. The number of aryl methyl sites for hydroxylation is 2. The van der Waals surface area contributed by atoms with Crippen molar-refractivity contribution in [1.29, 1.82) is 0 Å². The number of hydrogen-bond donors (Lipinski definition) is 2. The SMILES string of the molecule is Cc1cc(C)cc(OCC(=O)NNC(=O)C2CCCCC2)c1. The molecule has 0 unspecified atom stereocenters. The van der Waals surface area contributed by atoms with Crippen molar-refractivity contribution in [3.8, 4) is 5.75 Å². The summed E-state index contributed by atoms with van der Waals surface area (Å²) in [6, 6.07) is 5.79. The van der Waals surface area contributed by atoms with Gasteiger partial charge in [0.05, 0.1) is 0 Å². The van der Waals surface area contributed by atoms with Gasteiger partial charge in [0.1, 0.15) is 5.75 Å². The third-order valence-corrected chi connectivity index (χ3v) is 3.87. The predicted octanol–water partition coefficient (Wildman–Crippen LogP) is 2.41. The van der Waals surface area contributed by atoms with Crippen LogP contribution in [0, 0.1) is 19.8 Å². The molecule has 2 rings (SSSR count). The minimum absolute atomic E-state index is 0.0226. The number of hydrazine groups is 1. The number of carbonyl (C=O) groups excluding carboxylic acids is 2. The lowest BCUT2D eigenvalue weighted by atomic mass is 9.89. The van der Waals surface area contributed by atoms with E-state index in [1.807, 2.05) is 32.0 Å². The third kappa shape index (κ3) is 5.06. The Balaban J connectivity index is 1.72. The molecule has 5 heteroatoms. The van der Waals surface area contributed by atoms with Crippen LogP contribution in [0.25, 0.3) is 0 Å². The van der Waals surface area contributed by atoms with Gasteiger partial charge in [-0.3, -0.25) is 20.4 Å². The summed E-state index contributed by atoms with van der Waals surface area (Å²) < 4.78 is 5.44. The largest absolute Gasteiger partial charge is 0.484 e. The first-order valence-corrected chi connectivity index (χ1v) is 7.84. The van der Waals surface area contributed by atoms with Gasteiger partial charge in [0.25, 0.3) is 5.91 Å². The van der Waals surface area contributed by atoms with Gasteiger partial charge in [0.15, 0.2) is 6.61 Å². The molecule has 2 amide bonds. The van der Waals surface area contributed by atoms with Crippen LogP contribution in [0.5, 0.6) is 5.75 Å². The topological polar surface area (TPSA) is 67.4 Å². The summed E-state index contributed by atoms with van der Waals surface area (Å²) in [7, 11) is 0. The van der Waals surface area contributed by atoms with Crippen molar-refractivity contribution >= 4 is 11.8 Å². The Morgan fingerprint density at radius 1 is 1.05 bits per heavy atom. The molecule has 0 aromatic heterocycles. The molecule has 22 heavy (non-hydrogen) atoms. The molecule has 1 aromatic carbocycles. The van der Waals surface area contributed by atoms with Crippen LogP contribution in [-0.2, 0) is 9.59 Å². The Kier molecular flexibility index (Phi) is 5.81. The van der Waals surface area contributed by atoms with E-state index in [1.165, 1.54) is 6.42 Å². The highest BCUT2D eigenvalue weighted by molar-refractivity contribution is 5.84. The summed E-state index contributed by atoms with van der Waals surface area (Å²) in [5.74, 6) is 0.225. The molecule has 1 aliphatic carbocycles. The fourth-order valence-electron chi connectivity index (χ4n) is 2.80. The molecule has 0 atom stereocenters. The highest BCUT2D eigenvalue weighted by Gasteiger charge is 2.21. The number of hydrogen-bond acceptors (Lipinski definition) is 3. The molecule has 1 saturated carbocycles. The van der Waals surface area contributed by atoms with E-state index >= 15 is 0 Å². The lowest BCUT2D eigenvalue weighted by Crippen LogP contribution is -2.46. The lowest BCUT2D eigenvalue weighted by molar-refractivity contribution is -0.132. The maximum Gasteiger partial charge on any atom is 0.276 e. The molecule has 0 spiro atoms. The summed E-state index contributed by atoms with van der Waals surface area (Å²) in [4.78, 5) is 23.6. The normalized spacial score (nSPS) is 15.2. The van der Waals surface area contributed by atoms with E-state index in [9.17, 15) is 9.59 Å². The third-order valence-electron chi connectivity index (χ3n) is 3.87. The minimum atomic E-state index is -0.358. The van der Waals surface area contributed by atoms with Gasteiger partial charge in [-0.2, -0.15) is 0 Å². The van der Waals surface area contributed by atoms with Gasteiger partial charge < -0.3 is 4.74 Å². The van der Waals surface area contributed by atoms with E-state index in [1.54, 1.807) is 0 Å². The van der Waals surface area contributed by atoms with Crippen LogP contribution >= 0.6 is 0 Å². The van der Waals surface area contributed by atoms with E-state index in [4.69, 9.17) is 4.74 Å². The summed E-state index contributed by atoms with van der Waals surface area (Å²) >= 11 is 0. The van der Waals surface area contributed by atoms with Crippen LogP contribution in [0.1, 0.15) is 43.2 Å². The van der Waals surface area contributed by atoms with Crippen molar-refractivity contribution in [3.05, 3.63) is 29.3 Å². The van der Waals surface area contributed by atoms with Crippen molar-refractivity contribution < 1.29 is 14.3 Å². The van der Waals surface area contributed by atoms with Crippen molar-refractivity contribution in [1.82, 2.24) is 10.9 Å². The molecule has 2 N–H and O–H groups in total. The van der Waals surface area contributed by atoms with E-state index in [-0.39, 0.29) is 24.3 Å². The van der Waals surface area contributed by atoms with Gasteiger partial charge in [-0.05, 0) is 49.9 Å². The van der Waals surface area contributed by atoms with Crippen LogP contribution in [0.4, 0.5) is 0 Å². The number of carbonyl (C=O) groups is 2. The summed E-state index contributed by atoms with van der Waals surface area (Å²) in [5, 5.41) is 0. The monoisotopic (exact) mass is 304 g/mol. The molecule has 0 saturated heterocycles. The van der Waals surface area contributed by atoms with Crippen LogP contribution < -0.4 is 15.6 Å². The first kappa shape index (κ1) is 16.3. The standard InChI is InChI=1S/C17H24N2O3/c1-12-8-13(2)10-15(9-12)22-11-16(20)18-19-17(21)14-6-4-3-5-7-14/h8-10,14H,3-7,11H2,1-2H3,(H,18,20)(H,19,21). The fraction of sp³-hybridized carbons (Fsp3) is 0.529. The lowest BCUT2D eigenvalue weighted by Gasteiger charge is -2.20. The first-order valence-electron chi connectivity index (χ1n) is 7.84. The molecule has 5 nitrogen and oxygen atoms in total. The van der Waals surface area contributed by atoms with Crippen molar-refractivity contribution in [3.63, 3.8) is 0 Å². The highest BCUT2D eigenvalue weighted by Crippen LogP contribution is 2.23. The molecule has 1 fully saturated rings. The Bertz CT molecular complexity index is 516. The van der Waals surface area contributed by atoms with Gasteiger partial charge in [-0.1, -0.05) is 25.3 Å². The maximum absolute atomic E-state index is 11.9. The molecule has 120 valence electrons. The van der Waals surface area contributed by atoms with Gasteiger partial charge in [0, 0.05) is 5.92 Å². The highest BCUT2D eigenvalue weighted by atomic mass is 16.5. The van der Waals surface area contributed by atoms with E-state index in [0.29, 0.717) is 5.75 Å². The van der Waals surface area contributed by atoms with E-state index in [0.717, 1.165) is 36.8 Å². The Hall–Kier alpha value is -2.04. The molecule has 0 radical (unpaired) electrons. The van der Waals surface area contributed by atoms with E-state index in [2.05, 4.69) is 10.9 Å². The summed E-state index contributed by atoms with van der Waals surface area (Å²) in [5.41, 5.74) is 7.08. The summed E-state index contributed by atoms with van der Waals surface area (Å²) in [6.45, 7) is 3.84. The second-order valence-electron chi connectivity index (χ2n) is 5.98. The quantitative estimate of drug-likeness (QED) is 0.839. The number of nitrogens with one attached hydrogen (secondary N) is 2. The molecular weight excluding hydrogens is 280 g/mol. The Morgan fingerprint density at radius 3 is 2.32 bits per heavy atom. The van der Waals surface area contributed by atoms with Crippen molar-refractivity contribution in [2.75, 3.05) is 6.61 Å². The van der Waals surface area contributed by atoms with Gasteiger partial charge >= 0.3 is 0 Å². The van der Waals surface area contributed by atoms with Gasteiger partial charge in [-0.25, -0.2) is 0 Å². The summed E-state index contributed by atoms with van der Waals surface area (Å²) in [6.07, 6.45) is 5.17. The number of rotatable bonds is 4. The zero-order valence-electron chi connectivity index (χ0n) is 13.3. The average Bonchev–Trinajstić information content (AvgIpc) is 2.50. The zero-order valence-corrected chi connectivity index (χ0v) is 13.3. The second kappa shape index (κ2) is 7.82. The number of benzene rings is 1. The fourth-order valence-corrected chi connectivity index (χ4v) is 2.80. The maximum atomic E-state index is 11.9. The second-order valence-corrected chi connectivity index (χ2v) is 5.98. The van der Waals surface area contributed by atoms with Crippen LogP contribution in [0.3, 0.4) is 0 Å². The van der Waals surface area contributed by atoms with Crippen molar-refractivity contribution in [2.24, 2.45) is 5.92 Å². The van der Waals surface area contributed by atoms with Crippen LogP contribution in [-0.4, -0.2) is 18.4 Å². The number of ether oxygens (including phenoxy) is 1. The molecule has 0 heterocycles. The molecule has 1 aromatic rings. The first-order chi connectivity index (χ1) is 10.5. The van der Waals surface area contributed by atoms with Crippen LogP contribution in [0.2, 0.25) is 0 Å². The smallest absolute Gasteiger partial charge is 0.276 e. The minimum Gasteiger partial charge on any atom is -0.484 e. The van der Waals surface area contributed by atoms with Crippen LogP contribution in [0.15, 0.2) is 18.2 Å². The van der Waals surface area contributed by atoms with E-state index < -0.39 is 0 Å². The molecule has 0 bridgehead atoms. The predicted molar refractivity (Wildman–Crippen MR) is 84.3 cm³/mol. The Morgan fingerprint density at radius 2 is 1.68 bits per heavy atom. The molecule has 0 aliphatic heterocycles. The van der Waals surface area contributed by atoms with Crippen molar-refractivity contribution in [2.45, 2.75) is 46.0 Å². The molecular formula is C17H24N2O3. The average molecular weight is 304 g/mol. The van der Waals surface area contributed by atoms with Gasteiger partial charge in [-0.15, -0.1) is 0 Å². The zero-order chi connectivity index (χ0) is 15.9. The number of amides is 2. The Labute approximate surface area is 131 Å².